The van der Waals surface area contributed by atoms with E-state index in [1.807, 2.05) is 48.5 Å². The lowest BCUT2D eigenvalue weighted by Crippen LogP contribution is -2.68. The second kappa shape index (κ2) is 20.2. The van der Waals surface area contributed by atoms with Crippen LogP contribution in [-0.2, 0) is 63.7 Å². The lowest BCUT2D eigenvalue weighted by molar-refractivity contribution is -0.341. The molecule has 0 bridgehead atoms. The molecule has 3 heterocycles. The minimum Gasteiger partial charge on any atom is -0.463 e. The van der Waals surface area contributed by atoms with E-state index in [4.69, 9.17) is 37.9 Å². The summed E-state index contributed by atoms with van der Waals surface area (Å²) in [6.07, 6.45) is -12.0. The van der Waals surface area contributed by atoms with E-state index < -0.39 is 115 Å². The molecule has 2 amide bonds. The van der Waals surface area contributed by atoms with Gasteiger partial charge in [0.05, 0.1) is 23.1 Å². The number of thioether (sulfide) groups is 1. The minimum atomic E-state index is -1.79. The van der Waals surface area contributed by atoms with Crippen LogP contribution in [0.4, 0.5) is 0 Å². The lowest BCUT2D eigenvalue weighted by atomic mass is 9.94. The molecule has 3 aliphatic heterocycles. The van der Waals surface area contributed by atoms with Gasteiger partial charge in [0.25, 0.3) is 11.8 Å². The van der Waals surface area contributed by atoms with Crippen molar-refractivity contribution in [1.29, 1.82) is 0 Å². The first kappa shape index (κ1) is 47.3. The molecular formula is C48H51NO15S. The Morgan fingerprint density at radius 2 is 1.26 bits per heavy atom. The second-order valence-corrected chi connectivity index (χ2v) is 18.1. The highest BCUT2D eigenvalue weighted by Gasteiger charge is 2.58. The van der Waals surface area contributed by atoms with Gasteiger partial charge >= 0.3 is 23.9 Å². The van der Waals surface area contributed by atoms with E-state index in [-0.39, 0.29) is 17.7 Å². The molecule has 2 fully saturated rings. The van der Waals surface area contributed by atoms with Crippen LogP contribution in [0.25, 0.3) is 10.8 Å². The summed E-state index contributed by atoms with van der Waals surface area (Å²) in [5.74, 6) is -4.24. The van der Waals surface area contributed by atoms with Gasteiger partial charge in [-0.3, -0.25) is 33.7 Å². The average Bonchev–Trinajstić information content (AvgIpc) is 3.51. The third-order valence-corrected chi connectivity index (χ3v) is 12.1. The van der Waals surface area contributed by atoms with Gasteiger partial charge in [-0.25, -0.2) is 0 Å². The summed E-state index contributed by atoms with van der Waals surface area (Å²) in [5.41, 5.74) is -1.17. The van der Waals surface area contributed by atoms with Crippen molar-refractivity contribution >= 4 is 58.2 Å². The predicted octanol–water partition coefficient (Wildman–Crippen LogP) is 5.39. The summed E-state index contributed by atoms with van der Waals surface area (Å²) in [4.78, 5) is 81.1. The molecule has 65 heavy (non-hydrogen) atoms. The number of imide groups is 1. The molecule has 0 unspecified atom stereocenters. The Bertz CT molecular complexity index is 2370. The molecule has 16 nitrogen and oxygen atoms in total. The minimum absolute atomic E-state index is 0.0984. The molecule has 0 spiro atoms. The first-order valence-corrected chi connectivity index (χ1v) is 22.0. The molecule has 3 aliphatic rings. The molecule has 4 aromatic carbocycles. The van der Waals surface area contributed by atoms with Crippen LogP contribution < -0.4 is 0 Å². The zero-order chi connectivity index (χ0) is 46.6. The van der Waals surface area contributed by atoms with E-state index in [2.05, 4.69) is 0 Å². The number of nitrogens with zero attached hydrogens (tertiary/aromatic N) is 1. The molecule has 2 saturated heterocycles. The number of hydrogen-bond donors (Lipinski definition) is 1. The number of fused-ring (bicyclic) bond motifs is 2. The maximum absolute atomic E-state index is 14.2. The summed E-state index contributed by atoms with van der Waals surface area (Å²) in [5, 5.41) is 14.6. The Morgan fingerprint density at radius 1 is 0.677 bits per heavy atom. The quantitative estimate of drug-likeness (QED) is 0.0958. The fraction of sp³-hybridized carbons (Fsp3) is 0.417. The van der Waals surface area contributed by atoms with Gasteiger partial charge in [0.15, 0.2) is 18.5 Å². The predicted molar refractivity (Wildman–Crippen MR) is 232 cm³/mol. The summed E-state index contributed by atoms with van der Waals surface area (Å²) >= 11 is 1.13. The molecule has 4 aromatic rings. The number of ether oxygens (including phenoxy) is 8. The van der Waals surface area contributed by atoms with Crippen LogP contribution >= 0.6 is 11.8 Å². The number of benzene rings is 4. The monoisotopic (exact) mass is 913 g/mol. The summed E-state index contributed by atoms with van der Waals surface area (Å²) < 4.78 is 49.0. The van der Waals surface area contributed by atoms with Gasteiger partial charge in [-0.2, -0.15) is 0 Å². The van der Waals surface area contributed by atoms with Crippen LogP contribution in [0.2, 0.25) is 0 Å². The van der Waals surface area contributed by atoms with E-state index in [1.54, 1.807) is 57.2 Å². The van der Waals surface area contributed by atoms with Gasteiger partial charge < -0.3 is 43.0 Å². The molecule has 0 radical (unpaired) electrons. The molecule has 344 valence electrons. The third kappa shape index (κ3) is 10.9. The van der Waals surface area contributed by atoms with Crippen molar-refractivity contribution in [2.75, 3.05) is 13.2 Å². The van der Waals surface area contributed by atoms with E-state index in [0.29, 0.717) is 10.5 Å². The van der Waals surface area contributed by atoms with Gasteiger partial charge in [0.1, 0.15) is 55.2 Å². The van der Waals surface area contributed by atoms with Crippen molar-refractivity contribution in [3.05, 3.63) is 114 Å². The number of esters is 4. The zero-order valence-electron chi connectivity index (χ0n) is 36.7. The fourth-order valence-corrected chi connectivity index (χ4v) is 9.11. The lowest BCUT2D eigenvalue weighted by Gasteiger charge is -2.50. The molecule has 1 N–H and O–H groups in total. The Hall–Kier alpha value is -5.69. The van der Waals surface area contributed by atoms with Crippen LogP contribution in [0.1, 0.15) is 67.8 Å². The SMILES string of the molecule is CC(=O)OC[C@H]1O[C@@H](O[C@H]2[C@H](O)[C@@H](N3C(=O)c4ccccc4C3=O)[C@H](Sc3ccccc3)O[C@@H]2COC(=O)C(C)(C)C)[C@H](OC(C)=O)[C@@H](OCc2ccc3ccccc3c2)[C@H]1OC(C)=O. The van der Waals surface area contributed by atoms with Crippen molar-refractivity contribution in [2.24, 2.45) is 5.41 Å². The number of rotatable bonds is 14. The number of carbonyl (C=O) groups is 6. The van der Waals surface area contributed by atoms with E-state index >= 15 is 0 Å². The molecular weight excluding hydrogens is 863 g/mol. The Morgan fingerprint density at radius 3 is 1.89 bits per heavy atom. The van der Waals surface area contributed by atoms with Crippen molar-refractivity contribution in [2.45, 2.75) is 114 Å². The average molecular weight is 914 g/mol. The van der Waals surface area contributed by atoms with Crippen LogP contribution in [0.5, 0.6) is 0 Å². The Labute approximate surface area is 379 Å². The van der Waals surface area contributed by atoms with Crippen molar-refractivity contribution in [3.8, 4) is 0 Å². The van der Waals surface area contributed by atoms with Gasteiger partial charge in [-0.15, -0.1) is 0 Å². The Balaban J connectivity index is 1.30. The van der Waals surface area contributed by atoms with E-state index in [0.717, 1.165) is 41.3 Å². The highest BCUT2D eigenvalue weighted by atomic mass is 32.2. The first-order chi connectivity index (χ1) is 31.0. The number of hydrogen-bond acceptors (Lipinski definition) is 16. The number of aliphatic hydroxyl groups is 1. The molecule has 0 saturated carbocycles. The highest BCUT2D eigenvalue weighted by Crippen LogP contribution is 2.41. The highest BCUT2D eigenvalue weighted by molar-refractivity contribution is 7.99. The number of carbonyl (C=O) groups excluding carboxylic acids is 6. The molecule has 0 aromatic heterocycles. The number of aliphatic hydroxyl groups excluding tert-OH is 1. The molecule has 7 rings (SSSR count). The topological polar surface area (TPSA) is 200 Å². The normalized spacial score (nSPS) is 26.6. The summed E-state index contributed by atoms with van der Waals surface area (Å²) in [6, 6.07) is 27.1. The van der Waals surface area contributed by atoms with Crippen LogP contribution in [0.15, 0.2) is 102 Å². The summed E-state index contributed by atoms with van der Waals surface area (Å²) in [6.45, 7) is 7.38. The molecule has 0 aliphatic carbocycles. The van der Waals surface area contributed by atoms with Crippen molar-refractivity contribution in [3.63, 3.8) is 0 Å². The first-order valence-electron chi connectivity index (χ1n) is 21.1. The van der Waals surface area contributed by atoms with Gasteiger partial charge in [-0.05, 0) is 67.4 Å². The van der Waals surface area contributed by atoms with Gasteiger partial charge in [0, 0.05) is 25.7 Å². The van der Waals surface area contributed by atoms with Crippen LogP contribution in [0, 0.1) is 5.41 Å². The van der Waals surface area contributed by atoms with Gasteiger partial charge in [0.2, 0.25) is 0 Å². The van der Waals surface area contributed by atoms with Crippen LogP contribution in [-0.4, -0.2) is 119 Å². The maximum atomic E-state index is 14.2. The smallest absolute Gasteiger partial charge is 0.311 e. The van der Waals surface area contributed by atoms with Crippen molar-refractivity contribution < 1.29 is 71.8 Å². The zero-order valence-corrected chi connectivity index (χ0v) is 37.5. The largest absolute Gasteiger partial charge is 0.463 e. The number of amides is 2. The van der Waals surface area contributed by atoms with Crippen LogP contribution in [0.3, 0.4) is 0 Å². The summed E-state index contributed by atoms with van der Waals surface area (Å²) in [7, 11) is 0. The van der Waals surface area contributed by atoms with E-state index in [9.17, 15) is 33.9 Å². The maximum Gasteiger partial charge on any atom is 0.311 e. The van der Waals surface area contributed by atoms with Crippen molar-refractivity contribution in [1.82, 2.24) is 4.90 Å². The molecule has 17 heteroatoms. The third-order valence-electron chi connectivity index (χ3n) is 10.9. The molecule has 10 atom stereocenters. The van der Waals surface area contributed by atoms with Gasteiger partial charge in [-0.1, -0.05) is 78.5 Å². The Kier molecular flexibility index (Phi) is 14.7. The van der Waals surface area contributed by atoms with E-state index in [1.165, 1.54) is 19.1 Å². The fourth-order valence-electron chi connectivity index (χ4n) is 7.90. The standard InChI is InChI=1S/C48H51NO15S/c1-26(50)57-24-36-40(60-27(2)51)41(58-23-29-20-21-30-14-10-11-15-31(30)22-29)42(61-28(3)52)45(62-36)64-39-35(25-59-47(56)48(4,5)6)63-46(65-32-16-8-7-9-17-32)37(38(39)53)49-43(54)33-18-12-13-19-34(33)44(49)55/h7-22,35-42,45-46,53H,23-25H2,1-6H3/t35-,36-,37-,38-,39-,40+,41+,42-,45+,46+/m1/s1. The second-order valence-electron chi connectivity index (χ2n) is 16.9.